The Bertz CT molecular complexity index is 581. The molecule has 7 heteroatoms. The molecule has 5 nitrogen and oxygen atoms in total. The molecule has 0 saturated carbocycles. The van der Waals surface area contributed by atoms with E-state index in [1.54, 1.807) is 18.3 Å². The summed E-state index contributed by atoms with van der Waals surface area (Å²) in [5, 5.41) is 6.47. The Balaban J connectivity index is 0.00000242. The van der Waals surface area contributed by atoms with E-state index in [-0.39, 0.29) is 18.3 Å². The molecule has 0 aliphatic carbocycles. The third-order valence-corrected chi connectivity index (χ3v) is 3.06. The predicted octanol–water partition coefficient (Wildman–Crippen LogP) is 2.46. The maximum absolute atomic E-state index is 11.8. The molecule has 1 amide bonds. The van der Waals surface area contributed by atoms with Crippen LogP contribution in [0.25, 0.3) is 0 Å². The van der Waals surface area contributed by atoms with E-state index >= 15 is 0 Å². The summed E-state index contributed by atoms with van der Waals surface area (Å²) in [7, 11) is 0. The summed E-state index contributed by atoms with van der Waals surface area (Å²) < 4.78 is 0. The lowest BCUT2D eigenvalue weighted by Gasteiger charge is -2.07. The minimum Gasteiger partial charge on any atom is -0.352 e. The van der Waals surface area contributed by atoms with Crippen molar-refractivity contribution >= 4 is 29.9 Å². The molecular formula is C15H18Cl2N4O. The van der Waals surface area contributed by atoms with E-state index in [1.807, 2.05) is 18.3 Å². The summed E-state index contributed by atoms with van der Waals surface area (Å²) in [6.45, 7) is 2.22. The van der Waals surface area contributed by atoms with Gasteiger partial charge in [0.2, 0.25) is 0 Å². The SMILES string of the molecule is Cl.O=C(NCCCNCc1cccnc1)c1ccnc(Cl)c1. The maximum Gasteiger partial charge on any atom is 0.251 e. The maximum atomic E-state index is 11.8. The summed E-state index contributed by atoms with van der Waals surface area (Å²) >= 11 is 5.74. The Morgan fingerprint density at radius 3 is 2.82 bits per heavy atom. The molecule has 2 aromatic rings. The molecule has 0 bridgehead atoms. The molecule has 0 radical (unpaired) electrons. The van der Waals surface area contributed by atoms with Crippen LogP contribution in [0.4, 0.5) is 0 Å². The van der Waals surface area contributed by atoms with Crippen molar-refractivity contribution in [1.29, 1.82) is 0 Å². The van der Waals surface area contributed by atoms with Gasteiger partial charge in [-0.25, -0.2) is 4.98 Å². The van der Waals surface area contributed by atoms with Gasteiger partial charge in [0.15, 0.2) is 0 Å². The summed E-state index contributed by atoms with van der Waals surface area (Å²) in [4.78, 5) is 19.7. The van der Waals surface area contributed by atoms with E-state index in [1.165, 1.54) is 6.20 Å². The highest BCUT2D eigenvalue weighted by atomic mass is 35.5. The minimum absolute atomic E-state index is 0. The minimum atomic E-state index is -0.133. The van der Waals surface area contributed by atoms with E-state index in [2.05, 4.69) is 20.6 Å². The highest BCUT2D eigenvalue weighted by Crippen LogP contribution is 2.06. The zero-order chi connectivity index (χ0) is 14.9. The zero-order valence-electron chi connectivity index (χ0n) is 12.0. The topological polar surface area (TPSA) is 66.9 Å². The van der Waals surface area contributed by atoms with Crippen molar-refractivity contribution in [1.82, 2.24) is 20.6 Å². The Morgan fingerprint density at radius 2 is 2.09 bits per heavy atom. The lowest BCUT2D eigenvalue weighted by Crippen LogP contribution is -2.27. The molecule has 2 aromatic heterocycles. The Labute approximate surface area is 140 Å². The van der Waals surface area contributed by atoms with Gasteiger partial charge in [0, 0.05) is 37.2 Å². The van der Waals surface area contributed by atoms with Crippen LogP contribution in [-0.4, -0.2) is 29.0 Å². The number of carbonyl (C=O) groups is 1. The second kappa shape index (κ2) is 10.1. The van der Waals surface area contributed by atoms with Gasteiger partial charge in [-0.15, -0.1) is 12.4 Å². The lowest BCUT2D eigenvalue weighted by molar-refractivity contribution is 0.0953. The van der Waals surface area contributed by atoms with E-state index in [0.717, 1.165) is 25.1 Å². The van der Waals surface area contributed by atoms with Crippen molar-refractivity contribution < 1.29 is 4.79 Å². The van der Waals surface area contributed by atoms with Gasteiger partial charge in [0.25, 0.3) is 5.91 Å². The second-order valence-corrected chi connectivity index (χ2v) is 4.90. The fourth-order valence-electron chi connectivity index (χ4n) is 1.80. The smallest absolute Gasteiger partial charge is 0.251 e. The van der Waals surface area contributed by atoms with Crippen molar-refractivity contribution in [3.63, 3.8) is 0 Å². The fraction of sp³-hybridized carbons (Fsp3) is 0.267. The molecule has 0 atom stereocenters. The van der Waals surface area contributed by atoms with E-state index in [9.17, 15) is 4.79 Å². The molecule has 22 heavy (non-hydrogen) atoms. The number of hydrogen-bond acceptors (Lipinski definition) is 4. The van der Waals surface area contributed by atoms with E-state index in [0.29, 0.717) is 17.3 Å². The monoisotopic (exact) mass is 340 g/mol. The molecule has 0 aliphatic heterocycles. The molecule has 2 heterocycles. The lowest BCUT2D eigenvalue weighted by atomic mass is 10.2. The van der Waals surface area contributed by atoms with Crippen LogP contribution in [0.15, 0.2) is 42.9 Å². The first kappa shape index (κ1) is 18.4. The van der Waals surface area contributed by atoms with Crippen LogP contribution in [0.2, 0.25) is 5.15 Å². The van der Waals surface area contributed by atoms with Gasteiger partial charge < -0.3 is 10.6 Å². The Kier molecular flexibility index (Phi) is 8.43. The number of rotatable bonds is 7. The molecule has 0 fully saturated rings. The van der Waals surface area contributed by atoms with Crippen LogP contribution in [0.5, 0.6) is 0 Å². The highest BCUT2D eigenvalue weighted by Gasteiger charge is 2.05. The third-order valence-electron chi connectivity index (χ3n) is 2.86. The van der Waals surface area contributed by atoms with E-state index in [4.69, 9.17) is 11.6 Å². The summed E-state index contributed by atoms with van der Waals surface area (Å²) in [5.41, 5.74) is 1.67. The average molecular weight is 341 g/mol. The quantitative estimate of drug-likeness (QED) is 0.600. The molecule has 0 saturated heterocycles. The molecule has 0 spiro atoms. The van der Waals surface area contributed by atoms with Gasteiger partial charge in [-0.1, -0.05) is 17.7 Å². The van der Waals surface area contributed by atoms with Crippen LogP contribution < -0.4 is 10.6 Å². The molecular weight excluding hydrogens is 323 g/mol. The van der Waals surface area contributed by atoms with Crippen LogP contribution in [0.3, 0.4) is 0 Å². The third kappa shape index (κ3) is 6.39. The van der Waals surface area contributed by atoms with Crippen molar-refractivity contribution in [2.75, 3.05) is 13.1 Å². The largest absolute Gasteiger partial charge is 0.352 e. The molecule has 0 unspecified atom stereocenters. The van der Waals surface area contributed by atoms with Crippen LogP contribution >= 0.6 is 24.0 Å². The number of carbonyl (C=O) groups excluding carboxylic acids is 1. The summed E-state index contributed by atoms with van der Waals surface area (Å²) in [6.07, 6.45) is 5.96. The van der Waals surface area contributed by atoms with Gasteiger partial charge in [0.1, 0.15) is 5.15 Å². The van der Waals surface area contributed by atoms with Crippen molar-refractivity contribution in [2.45, 2.75) is 13.0 Å². The molecule has 2 rings (SSSR count). The van der Waals surface area contributed by atoms with Gasteiger partial charge in [-0.2, -0.15) is 0 Å². The van der Waals surface area contributed by atoms with Gasteiger partial charge in [-0.05, 0) is 36.7 Å². The van der Waals surface area contributed by atoms with Gasteiger partial charge in [-0.3, -0.25) is 9.78 Å². The van der Waals surface area contributed by atoms with Crippen LogP contribution in [-0.2, 0) is 6.54 Å². The Hall–Kier alpha value is -1.69. The number of hydrogen-bond donors (Lipinski definition) is 2. The number of pyridine rings is 2. The Morgan fingerprint density at radius 1 is 1.23 bits per heavy atom. The second-order valence-electron chi connectivity index (χ2n) is 4.51. The van der Waals surface area contributed by atoms with Crippen molar-refractivity contribution in [3.8, 4) is 0 Å². The summed E-state index contributed by atoms with van der Waals surface area (Å²) in [6, 6.07) is 7.13. The zero-order valence-corrected chi connectivity index (χ0v) is 13.5. The molecule has 2 N–H and O–H groups in total. The van der Waals surface area contributed by atoms with Crippen LogP contribution in [0.1, 0.15) is 22.3 Å². The first-order valence-corrected chi connectivity index (χ1v) is 7.13. The molecule has 118 valence electrons. The van der Waals surface area contributed by atoms with E-state index < -0.39 is 0 Å². The first-order valence-electron chi connectivity index (χ1n) is 6.75. The number of nitrogens with one attached hydrogen (secondary N) is 2. The van der Waals surface area contributed by atoms with Gasteiger partial charge >= 0.3 is 0 Å². The van der Waals surface area contributed by atoms with Crippen molar-refractivity contribution in [3.05, 3.63) is 59.1 Å². The molecule has 0 aromatic carbocycles. The average Bonchev–Trinajstić information content (AvgIpc) is 2.51. The van der Waals surface area contributed by atoms with Crippen molar-refractivity contribution in [2.24, 2.45) is 0 Å². The fourth-order valence-corrected chi connectivity index (χ4v) is 1.97. The highest BCUT2D eigenvalue weighted by molar-refractivity contribution is 6.29. The number of halogens is 2. The first-order chi connectivity index (χ1) is 10.3. The number of aromatic nitrogens is 2. The van der Waals surface area contributed by atoms with Crippen LogP contribution in [0, 0.1) is 0 Å². The number of nitrogens with zero attached hydrogens (tertiary/aromatic N) is 2. The summed E-state index contributed by atoms with van der Waals surface area (Å²) in [5.74, 6) is -0.133. The molecule has 0 aliphatic rings. The standard InChI is InChI=1S/C15H17ClN4O.ClH/c16-14-9-13(4-8-19-14)15(21)20-7-2-6-18-11-12-3-1-5-17-10-12;/h1,3-5,8-10,18H,2,6-7,11H2,(H,20,21);1H. The predicted molar refractivity (Wildman–Crippen MR) is 89.4 cm³/mol. The van der Waals surface area contributed by atoms with Gasteiger partial charge in [0.05, 0.1) is 0 Å². The number of amides is 1. The normalized spacial score (nSPS) is 9.86.